The van der Waals surface area contributed by atoms with Crippen molar-refractivity contribution in [2.75, 3.05) is 0 Å². The van der Waals surface area contributed by atoms with Crippen LogP contribution in [0.25, 0.3) is 5.65 Å². The summed E-state index contributed by atoms with van der Waals surface area (Å²) in [7, 11) is 0. The van der Waals surface area contributed by atoms with Crippen molar-refractivity contribution >= 4 is 27.5 Å². The number of hydrogen-bond acceptors (Lipinski definition) is 4. The third-order valence-corrected chi connectivity index (χ3v) is 2.97. The number of pyridine rings is 1. The van der Waals surface area contributed by atoms with E-state index in [2.05, 4.69) is 20.9 Å². The lowest BCUT2D eigenvalue weighted by atomic mass is 10.3. The van der Waals surface area contributed by atoms with Gasteiger partial charge in [0.25, 0.3) is 5.56 Å². The van der Waals surface area contributed by atoms with E-state index >= 15 is 0 Å². The SMILES string of the molecule is C[C@H](OCc1cc(=O)n2cc(Br)ccc2n1)C(=O)O. The van der Waals surface area contributed by atoms with Crippen LogP contribution in [-0.2, 0) is 16.1 Å². The summed E-state index contributed by atoms with van der Waals surface area (Å²) < 4.78 is 7.27. The molecular formula is C12H11BrN2O4. The Balaban J connectivity index is 2.29. The third-order valence-electron chi connectivity index (χ3n) is 2.51. The van der Waals surface area contributed by atoms with Crippen molar-refractivity contribution in [1.29, 1.82) is 0 Å². The molecular weight excluding hydrogens is 316 g/mol. The van der Waals surface area contributed by atoms with Crippen LogP contribution in [0.4, 0.5) is 0 Å². The highest BCUT2D eigenvalue weighted by molar-refractivity contribution is 9.10. The van der Waals surface area contributed by atoms with Crippen LogP contribution in [0.1, 0.15) is 12.6 Å². The Hall–Kier alpha value is -1.73. The number of ether oxygens (including phenoxy) is 1. The van der Waals surface area contributed by atoms with E-state index < -0.39 is 12.1 Å². The zero-order chi connectivity index (χ0) is 14.0. The predicted molar refractivity (Wildman–Crippen MR) is 71.0 cm³/mol. The summed E-state index contributed by atoms with van der Waals surface area (Å²) in [6.45, 7) is 1.41. The van der Waals surface area contributed by atoms with Crippen molar-refractivity contribution in [2.24, 2.45) is 0 Å². The highest BCUT2D eigenvalue weighted by Crippen LogP contribution is 2.10. The summed E-state index contributed by atoms with van der Waals surface area (Å²) in [4.78, 5) is 26.7. The predicted octanol–water partition coefficient (Wildman–Crippen LogP) is 1.45. The third kappa shape index (κ3) is 3.18. The van der Waals surface area contributed by atoms with E-state index in [4.69, 9.17) is 9.84 Å². The monoisotopic (exact) mass is 326 g/mol. The van der Waals surface area contributed by atoms with Crippen LogP contribution in [0, 0.1) is 0 Å². The van der Waals surface area contributed by atoms with Crippen molar-refractivity contribution in [3.8, 4) is 0 Å². The van der Waals surface area contributed by atoms with Gasteiger partial charge in [-0.25, -0.2) is 9.78 Å². The number of halogens is 1. The van der Waals surface area contributed by atoms with Gasteiger partial charge in [-0.2, -0.15) is 0 Å². The molecule has 0 aliphatic carbocycles. The molecule has 0 saturated heterocycles. The van der Waals surface area contributed by atoms with Gasteiger partial charge in [-0.15, -0.1) is 0 Å². The molecule has 0 fully saturated rings. The molecule has 0 aliphatic heterocycles. The lowest BCUT2D eigenvalue weighted by molar-refractivity contribution is -0.149. The first kappa shape index (κ1) is 13.7. The summed E-state index contributed by atoms with van der Waals surface area (Å²) in [5, 5.41) is 8.70. The maximum Gasteiger partial charge on any atom is 0.332 e. The number of fused-ring (bicyclic) bond motifs is 1. The van der Waals surface area contributed by atoms with Crippen LogP contribution in [0.5, 0.6) is 0 Å². The maximum atomic E-state index is 11.9. The van der Waals surface area contributed by atoms with Gasteiger partial charge in [0.1, 0.15) is 5.65 Å². The summed E-state index contributed by atoms with van der Waals surface area (Å²) in [6, 6.07) is 4.79. The van der Waals surface area contributed by atoms with E-state index in [0.29, 0.717) is 11.3 Å². The fraction of sp³-hybridized carbons (Fsp3) is 0.250. The van der Waals surface area contributed by atoms with Crippen LogP contribution in [0.15, 0.2) is 33.7 Å². The van der Waals surface area contributed by atoms with Gasteiger partial charge in [0, 0.05) is 16.7 Å². The molecule has 0 radical (unpaired) electrons. The van der Waals surface area contributed by atoms with Crippen LogP contribution in [0.2, 0.25) is 0 Å². The second kappa shape index (κ2) is 5.50. The Kier molecular flexibility index (Phi) is 3.96. The molecule has 6 nitrogen and oxygen atoms in total. The molecule has 0 unspecified atom stereocenters. The second-order valence-corrected chi connectivity index (χ2v) is 4.87. The molecule has 0 aromatic carbocycles. The molecule has 0 aliphatic rings. The minimum Gasteiger partial charge on any atom is -0.479 e. The van der Waals surface area contributed by atoms with Gasteiger partial charge in [0.2, 0.25) is 0 Å². The molecule has 0 spiro atoms. The summed E-state index contributed by atoms with van der Waals surface area (Å²) in [5.74, 6) is -1.05. The number of rotatable bonds is 4. The van der Waals surface area contributed by atoms with Gasteiger partial charge >= 0.3 is 5.97 Å². The molecule has 2 rings (SSSR count). The molecule has 19 heavy (non-hydrogen) atoms. The molecule has 1 atom stereocenters. The van der Waals surface area contributed by atoms with E-state index in [1.807, 2.05) is 0 Å². The molecule has 2 aromatic rings. The van der Waals surface area contributed by atoms with Crippen molar-refractivity contribution in [2.45, 2.75) is 19.6 Å². The van der Waals surface area contributed by atoms with Crippen LogP contribution in [0.3, 0.4) is 0 Å². The lowest BCUT2D eigenvalue weighted by Crippen LogP contribution is -2.21. The molecule has 0 bridgehead atoms. The van der Waals surface area contributed by atoms with E-state index in [1.54, 1.807) is 18.3 Å². The number of carboxylic acids is 1. The Bertz CT molecular complexity index is 683. The first-order valence-corrected chi connectivity index (χ1v) is 6.29. The normalized spacial score (nSPS) is 12.5. The smallest absolute Gasteiger partial charge is 0.332 e. The summed E-state index contributed by atoms with van der Waals surface area (Å²) in [6.07, 6.45) is 0.681. The number of aromatic nitrogens is 2. The molecule has 0 saturated carbocycles. The molecule has 2 heterocycles. The fourth-order valence-corrected chi connectivity index (χ4v) is 1.82. The van der Waals surface area contributed by atoms with Gasteiger partial charge in [-0.1, -0.05) is 0 Å². The molecule has 7 heteroatoms. The molecule has 0 amide bonds. The molecule has 100 valence electrons. The zero-order valence-corrected chi connectivity index (χ0v) is 11.6. The number of nitrogens with zero attached hydrogens (tertiary/aromatic N) is 2. The highest BCUT2D eigenvalue weighted by Gasteiger charge is 2.12. The average Bonchev–Trinajstić information content (AvgIpc) is 2.36. The van der Waals surface area contributed by atoms with Crippen LogP contribution < -0.4 is 5.56 Å². The van der Waals surface area contributed by atoms with E-state index in [9.17, 15) is 9.59 Å². The van der Waals surface area contributed by atoms with E-state index in [1.165, 1.54) is 17.4 Å². The first-order valence-electron chi connectivity index (χ1n) is 5.49. The van der Waals surface area contributed by atoms with Gasteiger partial charge in [-0.05, 0) is 35.0 Å². The number of carboxylic acid groups (broad SMARTS) is 1. The van der Waals surface area contributed by atoms with Crippen LogP contribution >= 0.6 is 15.9 Å². The molecule has 2 aromatic heterocycles. The van der Waals surface area contributed by atoms with Crippen molar-refractivity contribution in [3.05, 3.63) is 44.9 Å². The van der Waals surface area contributed by atoms with Crippen molar-refractivity contribution in [1.82, 2.24) is 9.38 Å². The van der Waals surface area contributed by atoms with Crippen LogP contribution in [-0.4, -0.2) is 26.6 Å². The standard InChI is InChI=1S/C12H11BrN2O4/c1-7(12(17)18)19-6-9-4-11(16)15-5-8(13)2-3-10(15)14-9/h2-5,7H,6H2,1H3,(H,17,18)/t7-/m0/s1. The van der Waals surface area contributed by atoms with Crippen molar-refractivity contribution < 1.29 is 14.6 Å². The second-order valence-electron chi connectivity index (χ2n) is 3.95. The minimum absolute atomic E-state index is 0.0186. The Morgan fingerprint density at radius 2 is 2.32 bits per heavy atom. The quantitative estimate of drug-likeness (QED) is 0.919. The topological polar surface area (TPSA) is 80.9 Å². The van der Waals surface area contributed by atoms with Gasteiger partial charge in [-0.3, -0.25) is 9.20 Å². The van der Waals surface area contributed by atoms with Gasteiger partial charge < -0.3 is 9.84 Å². The van der Waals surface area contributed by atoms with E-state index in [-0.39, 0.29) is 12.2 Å². The Morgan fingerprint density at radius 1 is 1.58 bits per heavy atom. The van der Waals surface area contributed by atoms with Crippen molar-refractivity contribution in [3.63, 3.8) is 0 Å². The highest BCUT2D eigenvalue weighted by atomic mass is 79.9. The lowest BCUT2D eigenvalue weighted by Gasteiger charge is -2.08. The largest absolute Gasteiger partial charge is 0.479 e. The molecule has 1 N–H and O–H groups in total. The van der Waals surface area contributed by atoms with Gasteiger partial charge in [0.05, 0.1) is 12.3 Å². The fourth-order valence-electron chi connectivity index (χ4n) is 1.48. The van der Waals surface area contributed by atoms with Gasteiger partial charge in [0.15, 0.2) is 6.10 Å². The Morgan fingerprint density at radius 3 is 3.00 bits per heavy atom. The Labute approximate surface area is 116 Å². The number of carbonyl (C=O) groups is 1. The number of hydrogen-bond donors (Lipinski definition) is 1. The minimum atomic E-state index is -1.05. The first-order chi connectivity index (χ1) is 8.97. The summed E-state index contributed by atoms with van der Waals surface area (Å²) >= 11 is 3.27. The van der Waals surface area contributed by atoms with E-state index in [0.717, 1.165) is 4.47 Å². The summed E-state index contributed by atoms with van der Waals surface area (Å²) in [5.41, 5.74) is 0.644. The number of aliphatic carboxylic acids is 1. The zero-order valence-electron chi connectivity index (χ0n) is 10.0. The maximum absolute atomic E-state index is 11.9. The average molecular weight is 327 g/mol.